The number of allylic oxidation sites excluding steroid dienone is 2. The van der Waals surface area contributed by atoms with Crippen LogP contribution in [-0.2, 0) is 35.3 Å². The Morgan fingerprint density at radius 1 is 0.953 bits per heavy atom. The lowest BCUT2D eigenvalue weighted by Gasteiger charge is -2.33. The first-order valence-corrected chi connectivity index (χ1v) is 23.4. The van der Waals surface area contributed by atoms with Gasteiger partial charge in [0.2, 0.25) is 0 Å². The number of carbonyl (C=O) groups is 2. The van der Waals surface area contributed by atoms with Crippen molar-refractivity contribution in [2.75, 3.05) is 13.7 Å². The van der Waals surface area contributed by atoms with Gasteiger partial charge < -0.3 is 36.1 Å². The summed E-state index contributed by atoms with van der Waals surface area (Å²) in [5.41, 5.74) is 14.0. The first-order valence-electron chi connectivity index (χ1n) is 23.4. The minimum absolute atomic E-state index is 0.0478. The van der Waals surface area contributed by atoms with Gasteiger partial charge in [0.25, 0.3) is 0 Å². The largest absolute Gasteiger partial charge is 0.504 e. The third-order valence-electron chi connectivity index (χ3n) is 14.0. The number of phenols is 1. The average Bonchev–Trinajstić information content (AvgIpc) is 3.69. The van der Waals surface area contributed by atoms with Gasteiger partial charge in [0.05, 0.1) is 25.0 Å². The maximum Gasteiger partial charge on any atom is 0.173 e. The summed E-state index contributed by atoms with van der Waals surface area (Å²) in [6, 6.07) is 24.1. The average molecular weight is 866 g/mol. The fourth-order valence-electron chi connectivity index (χ4n) is 10.7. The number of aromatic nitrogens is 1. The molecule has 3 aromatic carbocycles. The van der Waals surface area contributed by atoms with Crippen LogP contribution in [0.15, 0.2) is 103 Å². The summed E-state index contributed by atoms with van der Waals surface area (Å²) in [4.78, 5) is 32.4. The molecule has 9 nitrogen and oxygen atoms in total. The predicted octanol–water partition coefficient (Wildman–Crippen LogP) is 8.61. The van der Waals surface area contributed by atoms with Gasteiger partial charge in [0, 0.05) is 48.7 Å². The molecule has 338 valence electrons. The predicted molar refractivity (Wildman–Crippen MR) is 253 cm³/mol. The molecule has 1 aromatic heterocycles. The lowest BCUT2D eigenvalue weighted by Crippen LogP contribution is -2.40. The third-order valence-corrected chi connectivity index (χ3v) is 14.0. The third kappa shape index (κ3) is 11.0. The van der Waals surface area contributed by atoms with E-state index in [4.69, 9.17) is 10.5 Å². The van der Waals surface area contributed by atoms with Gasteiger partial charge in [0.1, 0.15) is 0 Å². The number of hydrogen-bond donors (Lipinski definition) is 6. The van der Waals surface area contributed by atoms with Crippen molar-refractivity contribution in [3.8, 4) is 23.3 Å². The molecule has 9 heteroatoms. The molecule has 1 fully saturated rings. The Morgan fingerprint density at radius 2 is 1.70 bits per heavy atom. The van der Waals surface area contributed by atoms with Crippen molar-refractivity contribution in [2.24, 2.45) is 35.3 Å². The summed E-state index contributed by atoms with van der Waals surface area (Å²) in [5, 5.41) is 39.1. The Labute approximate surface area is 379 Å². The van der Waals surface area contributed by atoms with Crippen LogP contribution in [-0.4, -0.2) is 57.7 Å². The number of methoxy groups -OCH3 is 1. The zero-order valence-electron chi connectivity index (χ0n) is 38.0. The van der Waals surface area contributed by atoms with Crippen LogP contribution in [0.4, 0.5) is 0 Å². The van der Waals surface area contributed by atoms with Gasteiger partial charge in [0.15, 0.2) is 29.2 Å². The summed E-state index contributed by atoms with van der Waals surface area (Å²) in [5.74, 6) is 5.80. The van der Waals surface area contributed by atoms with E-state index in [1.54, 1.807) is 6.07 Å². The molecule has 2 heterocycles. The number of H-pyrrole nitrogens is 1. The van der Waals surface area contributed by atoms with Crippen molar-refractivity contribution < 1.29 is 29.6 Å². The highest BCUT2D eigenvalue weighted by atomic mass is 16.5. The SMILES string of the molecule is CCC[C@@H]([C@@H]1C[C@@H](CC2=CCNC(N)=C2)C[C@H]2C#C[C@H](c3ccccc3)c3c(cc(OC)c(O)c3CCc3ccccc3)CCC(=O)[C@H](O)C(=O)[C@H]2C1)[C@H](O)Cc1cc(C(C)C)c[nH]1. The van der Waals surface area contributed by atoms with Gasteiger partial charge in [-0.25, -0.2) is 0 Å². The number of aliphatic hydroxyl groups excluding tert-OH is 2. The molecule has 7 N–H and O–H groups in total. The number of nitrogens with two attached hydrogens (primary N) is 1. The van der Waals surface area contributed by atoms with E-state index in [1.165, 1.54) is 12.7 Å². The molecule has 64 heavy (non-hydrogen) atoms. The van der Waals surface area contributed by atoms with Gasteiger partial charge in [-0.05, 0) is 127 Å². The number of aryl methyl sites for hydroxylation is 2. The van der Waals surface area contributed by atoms with Crippen LogP contribution in [0.5, 0.6) is 11.5 Å². The Morgan fingerprint density at radius 3 is 2.39 bits per heavy atom. The summed E-state index contributed by atoms with van der Waals surface area (Å²) in [7, 11) is 1.52. The van der Waals surface area contributed by atoms with Crippen molar-refractivity contribution in [1.29, 1.82) is 0 Å². The van der Waals surface area contributed by atoms with E-state index in [1.807, 2.05) is 60.8 Å². The Bertz CT molecular complexity index is 2350. The van der Waals surface area contributed by atoms with Crippen molar-refractivity contribution in [3.05, 3.63) is 142 Å². The Balaban J connectivity index is 1.36. The number of Topliss-reactive ketones (excluding diaryl/α,β-unsaturated/α-hetero) is 2. The summed E-state index contributed by atoms with van der Waals surface area (Å²) in [6.07, 6.45) is 9.46. The molecule has 4 aromatic rings. The number of aromatic amines is 1. The molecule has 0 amide bonds. The van der Waals surface area contributed by atoms with E-state index in [2.05, 4.69) is 67.2 Å². The van der Waals surface area contributed by atoms with Crippen LogP contribution in [0.2, 0.25) is 0 Å². The van der Waals surface area contributed by atoms with Gasteiger partial charge in [-0.15, -0.1) is 0 Å². The second kappa shape index (κ2) is 21.4. The summed E-state index contributed by atoms with van der Waals surface area (Å²) >= 11 is 0. The number of ketones is 2. The summed E-state index contributed by atoms with van der Waals surface area (Å²) < 4.78 is 5.74. The van der Waals surface area contributed by atoms with Crippen LogP contribution in [0, 0.1) is 41.4 Å². The summed E-state index contributed by atoms with van der Waals surface area (Å²) in [6.45, 7) is 7.07. The molecule has 0 bridgehead atoms. The van der Waals surface area contributed by atoms with Crippen LogP contribution >= 0.6 is 0 Å². The normalized spacial score (nSPS) is 23.7. The lowest BCUT2D eigenvalue weighted by atomic mass is 9.73. The number of benzene rings is 3. The first kappa shape index (κ1) is 46.4. The number of phenolic OH excluding ortho intramolecular Hbond substituents is 1. The molecule has 1 aliphatic heterocycles. The van der Waals surface area contributed by atoms with Gasteiger partial charge in [-0.3, -0.25) is 9.59 Å². The maximum absolute atomic E-state index is 14.9. The highest BCUT2D eigenvalue weighted by Gasteiger charge is 2.43. The van der Waals surface area contributed by atoms with Gasteiger partial charge in [-0.2, -0.15) is 0 Å². The van der Waals surface area contributed by atoms with E-state index in [9.17, 15) is 24.9 Å². The molecule has 0 unspecified atom stereocenters. The number of dihydropyridines is 1. The number of ether oxygens (including phenoxy) is 1. The molecule has 1 saturated carbocycles. The molecule has 2 aliphatic carbocycles. The smallest absolute Gasteiger partial charge is 0.173 e. The highest BCUT2D eigenvalue weighted by molar-refractivity contribution is 6.06. The molecule has 0 spiro atoms. The number of nitrogens with one attached hydrogen (secondary N) is 2. The van der Waals surface area contributed by atoms with E-state index in [0.29, 0.717) is 68.1 Å². The fraction of sp³-hybridized carbons (Fsp3) is 0.455. The topological polar surface area (TPSA) is 158 Å². The minimum Gasteiger partial charge on any atom is -0.504 e. The van der Waals surface area contributed by atoms with Gasteiger partial charge in [-0.1, -0.05) is 106 Å². The highest BCUT2D eigenvalue weighted by Crippen LogP contribution is 2.46. The van der Waals surface area contributed by atoms with Crippen molar-refractivity contribution in [1.82, 2.24) is 10.3 Å². The second-order valence-corrected chi connectivity index (χ2v) is 18.7. The number of hydrogen-bond acceptors (Lipinski definition) is 8. The fourth-order valence-corrected chi connectivity index (χ4v) is 10.7. The maximum atomic E-state index is 14.9. The first-order chi connectivity index (χ1) is 30.9. The molecule has 3 aliphatic rings. The van der Waals surface area contributed by atoms with E-state index in [-0.39, 0.29) is 36.3 Å². The number of rotatable bonds is 14. The van der Waals surface area contributed by atoms with E-state index < -0.39 is 41.5 Å². The lowest BCUT2D eigenvalue weighted by molar-refractivity contribution is -0.142. The molecular weight excluding hydrogens is 799 g/mol. The number of aliphatic hydroxyl groups is 2. The van der Waals surface area contributed by atoms with Crippen LogP contribution in [0.3, 0.4) is 0 Å². The van der Waals surface area contributed by atoms with Crippen molar-refractivity contribution >= 4 is 11.6 Å². The quantitative estimate of drug-likeness (QED) is 0.0544. The molecular formula is C55H67N3O6. The van der Waals surface area contributed by atoms with Crippen LogP contribution < -0.4 is 15.8 Å². The number of carbonyl (C=O) groups excluding carboxylic acids is 2. The molecule has 0 saturated heterocycles. The number of fused-ring (bicyclic) bond motifs is 2. The monoisotopic (exact) mass is 866 g/mol. The van der Waals surface area contributed by atoms with E-state index >= 15 is 0 Å². The zero-order chi connectivity index (χ0) is 45.3. The molecule has 7 rings (SSSR count). The molecule has 8 atom stereocenters. The van der Waals surface area contributed by atoms with Crippen molar-refractivity contribution in [2.45, 2.75) is 115 Å². The second-order valence-electron chi connectivity index (χ2n) is 18.7. The molecule has 0 radical (unpaired) electrons. The van der Waals surface area contributed by atoms with Crippen LogP contribution in [0.1, 0.15) is 117 Å². The van der Waals surface area contributed by atoms with Crippen LogP contribution in [0.25, 0.3) is 0 Å². The van der Waals surface area contributed by atoms with E-state index in [0.717, 1.165) is 52.8 Å². The Kier molecular flexibility index (Phi) is 15.5. The number of aromatic hydroxyl groups is 1. The Hall–Kier alpha value is -5.56. The van der Waals surface area contributed by atoms with Crippen molar-refractivity contribution in [3.63, 3.8) is 0 Å². The standard InChI is InChI=1S/C55H67N3O6/c1-5-12-44(49(60)32-43-29-42(33-58-43)34(2)3)41-27-37(25-36-23-24-57-51(56)28-36)26-39-18-21-45(38-15-10-7-11-16-38)52-40(19-22-48(59)55(63)54(62)47(39)30-41)31-50(64-4)53(61)46(52)20-17-35-13-8-6-9-14-35/h6-11,13-16,23,28-29,31,33-34,37,39,41,44-45,47,49,55,57-58,60-61,63H,5,12,17,19-20,22,24-27,30,32,56H2,1-4H3/t37-,39+,41+,44-,45+,47-,49+,55-/m0/s1. The zero-order valence-corrected chi connectivity index (χ0v) is 38.0. The minimum atomic E-state index is -1.81. The van der Waals surface area contributed by atoms with Gasteiger partial charge >= 0.3 is 0 Å².